The molecule has 0 amide bonds. The predicted molar refractivity (Wildman–Crippen MR) is 112 cm³/mol. The number of Topliss-reactive ketones (excluding diaryl/α,β-unsaturated/α-hetero) is 1. The van der Waals surface area contributed by atoms with Crippen LogP contribution >= 0.6 is 12.2 Å². The zero-order valence-electron chi connectivity index (χ0n) is 16.0. The van der Waals surface area contributed by atoms with E-state index in [2.05, 4.69) is 15.8 Å². The smallest absolute Gasteiger partial charge is 0.170 e. The van der Waals surface area contributed by atoms with E-state index in [1.54, 1.807) is 0 Å². The van der Waals surface area contributed by atoms with Crippen LogP contribution in [0.5, 0.6) is 0 Å². The number of hydrogen-bond acceptors (Lipinski definition) is 5. The Morgan fingerprint density at radius 3 is 2.52 bits per heavy atom. The van der Waals surface area contributed by atoms with Crippen molar-refractivity contribution >= 4 is 34.5 Å². The van der Waals surface area contributed by atoms with E-state index in [1.165, 1.54) is 0 Å². The number of nitrogens with zero attached hydrogens (tertiary/aromatic N) is 1. The van der Waals surface area contributed by atoms with Gasteiger partial charge in [-0.15, -0.1) is 0 Å². The van der Waals surface area contributed by atoms with Crippen LogP contribution < -0.4 is 10.6 Å². The maximum atomic E-state index is 12.6. The number of anilines is 1. The lowest BCUT2D eigenvalue weighted by molar-refractivity contribution is -0.116. The standard InChI is InChI=1S/C20H27N3O3S/c1-4-16(23-26-6-3)19-17(24)11-14(12-18(19)25)13-7-9-15(10-8-13)22-20(27)21-5-2/h7-10,14,24H,4-6,11-12H2,1-3H3,(H2,21,22,27)/b23-16-. The summed E-state index contributed by atoms with van der Waals surface area (Å²) in [5, 5.41) is 21.2. The fraction of sp³-hybridized carbons (Fsp3) is 0.450. The number of carbonyl (C=O) groups excluding carboxylic acids is 1. The van der Waals surface area contributed by atoms with Crippen LogP contribution in [0.3, 0.4) is 0 Å². The van der Waals surface area contributed by atoms with Crippen LogP contribution in [0.2, 0.25) is 0 Å². The maximum Gasteiger partial charge on any atom is 0.170 e. The Labute approximate surface area is 165 Å². The Morgan fingerprint density at radius 2 is 1.96 bits per heavy atom. The lowest BCUT2D eigenvalue weighted by Crippen LogP contribution is -2.27. The molecule has 0 aliphatic heterocycles. The number of aliphatic hydroxyl groups is 1. The molecule has 146 valence electrons. The number of thiocarbonyl (C=S) groups is 1. The van der Waals surface area contributed by atoms with E-state index in [1.807, 2.05) is 45.0 Å². The molecule has 1 aromatic rings. The zero-order valence-corrected chi connectivity index (χ0v) is 16.9. The Kier molecular flexibility index (Phi) is 7.79. The van der Waals surface area contributed by atoms with Crippen molar-refractivity contribution in [3.63, 3.8) is 0 Å². The number of oxime groups is 1. The predicted octanol–water partition coefficient (Wildman–Crippen LogP) is 4.05. The van der Waals surface area contributed by atoms with Crippen molar-refractivity contribution in [2.45, 2.75) is 46.0 Å². The average molecular weight is 390 g/mol. The molecule has 2 rings (SSSR count). The molecule has 0 heterocycles. The molecular formula is C20H27N3O3S. The summed E-state index contributed by atoms with van der Waals surface area (Å²) in [6.45, 7) is 6.88. The summed E-state index contributed by atoms with van der Waals surface area (Å²) in [6, 6.07) is 7.77. The van der Waals surface area contributed by atoms with E-state index in [4.69, 9.17) is 17.1 Å². The fourth-order valence-corrected chi connectivity index (χ4v) is 3.32. The van der Waals surface area contributed by atoms with Crippen LogP contribution in [0, 0.1) is 0 Å². The van der Waals surface area contributed by atoms with Crippen molar-refractivity contribution in [3.05, 3.63) is 41.2 Å². The molecule has 6 nitrogen and oxygen atoms in total. The molecule has 7 heteroatoms. The number of nitrogens with one attached hydrogen (secondary N) is 2. The van der Waals surface area contributed by atoms with Crippen LogP contribution in [0.1, 0.15) is 51.5 Å². The summed E-state index contributed by atoms with van der Waals surface area (Å²) in [5.41, 5.74) is 2.71. The number of ketones is 1. The first-order valence-corrected chi connectivity index (χ1v) is 9.70. The summed E-state index contributed by atoms with van der Waals surface area (Å²) in [7, 11) is 0. The highest BCUT2D eigenvalue weighted by molar-refractivity contribution is 7.80. The molecule has 1 aliphatic rings. The molecule has 0 aromatic heterocycles. The van der Waals surface area contributed by atoms with Gasteiger partial charge in [-0.3, -0.25) is 4.79 Å². The number of hydrogen-bond donors (Lipinski definition) is 3. The zero-order chi connectivity index (χ0) is 19.8. The third kappa shape index (κ3) is 5.53. The van der Waals surface area contributed by atoms with Crippen LogP contribution in [0.4, 0.5) is 5.69 Å². The van der Waals surface area contributed by atoms with Gasteiger partial charge in [0, 0.05) is 25.1 Å². The molecule has 1 aliphatic carbocycles. The van der Waals surface area contributed by atoms with Gasteiger partial charge in [-0.1, -0.05) is 24.2 Å². The van der Waals surface area contributed by atoms with E-state index in [-0.39, 0.29) is 17.5 Å². The second kappa shape index (κ2) is 10.1. The molecule has 0 saturated carbocycles. The van der Waals surface area contributed by atoms with Crippen molar-refractivity contribution < 1.29 is 14.7 Å². The van der Waals surface area contributed by atoms with Gasteiger partial charge in [0.1, 0.15) is 12.4 Å². The molecule has 0 spiro atoms. The number of allylic oxidation sites excluding steroid dienone is 2. The van der Waals surface area contributed by atoms with Crippen LogP contribution in [-0.4, -0.2) is 34.9 Å². The largest absolute Gasteiger partial charge is 0.511 e. The fourth-order valence-electron chi connectivity index (χ4n) is 3.06. The summed E-state index contributed by atoms with van der Waals surface area (Å²) in [6.07, 6.45) is 1.28. The van der Waals surface area contributed by atoms with Crippen LogP contribution in [0.25, 0.3) is 0 Å². The molecule has 0 fully saturated rings. The SMILES string of the molecule is CCNC(=S)Nc1ccc(C2CC(=O)C(/C(CC)=N\OCC)=C(O)C2)cc1. The Bertz CT molecular complexity index is 741. The molecule has 27 heavy (non-hydrogen) atoms. The molecule has 1 aromatic carbocycles. The molecule has 0 bridgehead atoms. The van der Waals surface area contributed by atoms with Gasteiger partial charge in [0.2, 0.25) is 0 Å². The Morgan fingerprint density at radius 1 is 1.26 bits per heavy atom. The van der Waals surface area contributed by atoms with Gasteiger partial charge in [-0.2, -0.15) is 0 Å². The topological polar surface area (TPSA) is 83.0 Å². The second-order valence-corrected chi connectivity index (χ2v) is 6.67. The summed E-state index contributed by atoms with van der Waals surface area (Å²) >= 11 is 5.18. The van der Waals surface area contributed by atoms with Gasteiger partial charge in [0.05, 0.1) is 11.3 Å². The van der Waals surface area contributed by atoms with E-state index >= 15 is 0 Å². The first-order chi connectivity index (χ1) is 13.0. The maximum absolute atomic E-state index is 12.6. The minimum absolute atomic E-state index is 0.0544. The van der Waals surface area contributed by atoms with Gasteiger partial charge in [0.25, 0.3) is 0 Å². The van der Waals surface area contributed by atoms with E-state index in [9.17, 15) is 9.90 Å². The number of benzene rings is 1. The van der Waals surface area contributed by atoms with E-state index in [0.717, 1.165) is 17.8 Å². The quantitative estimate of drug-likeness (QED) is 0.371. The van der Waals surface area contributed by atoms with Gasteiger partial charge in [-0.25, -0.2) is 0 Å². The van der Waals surface area contributed by atoms with E-state index in [0.29, 0.717) is 42.3 Å². The molecule has 0 saturated heterocycles. The minimum atomic E-state index is -0.0976. The van der Waals surface area contributed by atoms with Crippen molar-refractivity contribution in [2.75, 3.05) is 18.5 Å². The summed E-state index contributed by atoms with van der Waals surface area (Å²) in [4.78, 5) is 17.7. The lowest BCUT2D eigenvalue weighted by Gasteiger charge is -2.24. The number of carbonyl (C=O) groups is 1. The van der Waals surface area contributed by atoms with Crippen molar-refractivity contribution in [3.8, 4) is 0 Å². The van der Waals surface area contributed by atoms with Crippen molar-refractivity contribution in [1.29, 1.82) is 0 Å². The molecule has 0 radical (unpaired) electrons. The van der Waals surface area contributed by atoms with Gasteiger partial charge in [-0.05, 0) is 56.1 Å². The normalized spacial score (nSPS) is 17.7. The van der Waals surface area contributed by atoms with Crippen LogP contribution in [0.15, 0.2) is 40.8 Å². The lowest BCUT2D eigenvalue weighted by atomic mass is 9.81. The first kappa shape index (κ1) is 20.9. The van der Waals surface area contributed by atoms with Crippen LogP contribution in [-0.2, 0) is 9.63 Å². The Balaban J connectivity index is 2.14. The molecule has 1 unspecified atom stereocenters. The Hall–Kier alpha value is -2.41. The highest BCUT2D eigenvalue weighted by Gasteiger charge is 2.31. The second-order valence-electron chi connectivity index (χ2n) is 6.27. The van der Waals surface area contributed by atoms with Crippen molar-refractivity contribution in [2.24, 2.45) is 5.16 Å². The molecule has 3 N–H and O–H groups in total. The number of rotatable bonds is 7. The van der Waals surface area contributed by atoms with Gasteiger partial charge in [0.15, 0.2) is 10.9 Å². The molecule has 1 atom stereocenters. The van der Waals surface area contributed by atoms with E-state index < -0.39 is 0 Å². The summed E-state index contributed by atoms with van der Waals surface area (Å²) in [5.74, 6) is -0.0622. The van der Waals surface area contributed by atoms with Gasteiger partial charge < -0.3 is 20.6 Å². The summed E-state index contributed by atoms with van der Waals surface area (Å²) < 4.78 is 0. The highest BCUT2D eigenvalue weighted by Crippen LogP contribution is 2.34. The first-order valence-electron chi connectivity index (χ1n) is 9.29. The van der Waals surface area contributed by atoms with Gasteiger partial charge >= 0.3 is 0 Å². The molecular weight excluding hydrogens is 362 g/mol. The number of aliphatic hydroxyl groups excluding tert-OH is 1. The monoisotopic (exact) mass is 389 g/mol. The highest BCUT2D eigenvalue weighted by atomic mass is 32.1. The minimum Gasteiger partial charge on any atom is -0.511 e. The average Bonchev–Trinajstić information content (AvgIpc) is 2.64. The third-order valence-electron chi connectivity index (χ3n) is 4.34. The third-order valence-corrected chi connectivity index (χ3v) is 4.59. The van der Waals surface area contributed by atoms with Crippen molar-refractivity contribution in [1.82, 2.24) is 5.32 Å².